The highest BCUT2D eigenvalue weighted by molar-refractivity contribution is 7.92. The van der Waals surface area contributed by atoms with Gasteiger partial charge in [-0.15, -0.1) is 0 Å². The summed E-state index contributed by atoms with van der Waals surface area (Å²) < 4.78 is 23.2. The molecule has 7 heteroatoms. The van der Waals surface area contributed by atoms with Crippen LogP contribution in [0, 0.1) is 0 Å². The van der Waals surface area contributed by atoms with Crippen molar-refractivity contribution in [3.8, 4) is 0 Å². The SMILES string of the molecule is NNc1cc(NCC2CCCS2(=O)=O)ccn1. The Hall–Kier alpha value is -1.34. The average molecular weight is 256 g/mol. The Labute approximate surface area is 101 Å². The molecule has 0 bridgehead atoms. The molecule has 1 atom stereocenters. The van der Waals surface area contributed by atoms with Crippen molar-refractivity contribution in [2.75, 3.05) is 23.0 Å². The number of hydrogen-bond donors (Lipinski definition) is 3. The number of aromatic nitrogens is 1. The quantitative estimate of drug-likeness (QED) is 0.531. The molecule has 6 nitrogen and oxygen atoms in total. The molecule has 0 aliphatic carbocycles. The summed E-state index contributed by atoms with van der Waals surface area (Å²) in [4.78, 5) is 3.97. The summed E-state index contributed by atoms with van der Waals surface area (Å²) in [6.07, 6.45) is 3.11. The first-order valence-corrected chi connectivity index (χ1v) is 7.21. The van der Waals surface area contributed by atoms with Crippen LogP contribution in [0.25, 0.3) is 0 Å². The molecule has 1 aliphatic heterocycles. The van der Waals surface area contributed by atoms with Gasteiger partial charge in [0.25, 0.3) is 0 Å². The van der Waals surface area contributed by atoms with Crippen LogP contribution in [0.5, 0.6) is 0 Å². The number of sulfone groups is 1. The first-order valence-electron chi connectivity index (χ1n) is 5.50. The lowest BCUT2D eigenvalue weighted by Gasteiger charge is -2.12. The molecule has 2 heterocycles. The Balaban J connectivity index is 1.98. The molecular formula is C10H16N4O2S. The van der Waals surface area contributed by atoms with E-state index in [4.69, 9.17) is 5.84 Å². The predicted molar refractivity (Wildman–Crippen MR) is 67.3 cm³/mol. The third-order valence-electron chi connectivity index (χ3n) is 2.90. The van der Waals surface area contributed by atoms with Crippen LogP contribution >= 0.6 is 0 Å². The molecule has 1 saturated heterocycles. The summed E-state index contributed by atoms with van der Waals surface area (Å²) in [5.41, 5.74) is 3.26. The topological polar surface area (TPSA) is 97.1 Å². The second-order valence-corrected chi connectivity index (χ2v) is 6.49. The summed E-state index contributed by atoms with van der Waals surface area (Å²) in [6.45, 7) is 0.441. The Morgan fingerprint density at radius 1 is 1.53 bits per heavy atom. The summed E-state index contributed by atoms with van der Waals surface area (Å²) in [7, 11) is -2.89. The number of nitrogens with two attached hydrogens (primary N) is 1. The maximum atomic E-state index is 11.6. The summed E-state index contributed by atoms with van der Waals surface area (Å²) in [6, 6.07) is 3.52. The van der Waals surface area contributed by atoms with Crippen LogP contribution < -0.4 is 16.6 Å². The van der Waals surface area contributed by atoms with Crippen molar-refractivity contribution in [2.45, 2.75) is 18.1 Å². The standard InChI is InChI=1S/C10H16N4O2S/c11-14-10-6-8(3-4-12-10)13-7-9-2-1-5-17(9,15)16/h3-4,6,9H,1-2,5,7,11H2,(H2,12,13,14). The molecule has 1 unspecified atom stereocenters. The van der Waals surface area contributed by atoms with E-state index in [1.807, 2.05) is 0 Å². The van der Waals surface area contributed by atoms with E-state index in [2.05, 4.69) is 15.7 Å². The maximum absolute atomic E-state index is 11.6. The minimum atomic E-state index is -2.89. The highest BCUT2D eigenvalue weighted by atomic mass is 32.2. The van der Waals surface area contributed by atoms with Crippen LogP contribution in [0.4, 0.5) is 11.5 Å². The Morgan fingerprint density at radius 2 is 2.35 bits per heavy atom. The molecule has 0 saturated carbocycles. The number of hydrogen-bond acceptors (Lipinski definition) is 6. The van der Waals surface area contributed by atoms with Crippen molar-refractivity contribution in [3.63, 3.8) is 0 Å². The van der Waals surface area contributed by atoms with Crippen molar-refractivity contribution < 1.29 is 8.42 Å². The molecule has 1 aromatic heterocycles. The molecular weight excluding hydrogens is 240 g/mol. The fourth-order valence-electron chi connectivity index (χ4n) is 1.94. The van der Waals surface area contributed by atoms with Crippen molar-refractivity contribution >= 4 is 21.3 Å². The number of hydrazine groups is 1. The number of rotatable bonds is 4. The summed E-state index contributed by atoms with van der Waals surface area (Å²) in [5, 5.41) is 2.83. The van der Waals surface area contributed by atoms with Gasteiger partial charge in [-0.2, -0.15) is 0 Å². The number of nitrogens with zero attached hydrogens (tertiary/aromatic N) is 1. The van der Waals surface area contributed by atoms with Crippen molar-refractivity contribution in [1.82, 2.24) is 4.98 Å². The van der Waals surface area contributed by atoms with Gasteiger partial charge in [-0.05, 0) is 18.9 Å². The first-order chi connectivity index (χ1) is 8.12. The van der Waals surface area contributed by atoms with E-state index < -0.39 is 9.84 Å². The molecule has 0 aromatic carbocycles. The van der Waals surface area contributed by atoms with Crippen molar-refractivity contribution in [2.24, 2.45) is 5.84 Å². The molecule has 4 N–H and O–H groups in total. The van der Waals surface area contributed by atoms with Gasteiger partial charge in [0.2, 0.25) is 0 Å². The van der Waals surface area contributed by atoms with Gasteiger partial charge in [0.05, 0.1) is 11.0 Å². The minimum absolute atomic E-state index is 0.273. The van der Waals surface area contributed by atoms with Crippen LogP contribution in [0.2, 0.25) is 0 Å². The van der Waals surface area contributed by atoms with Gasteiger partial charge < -0.3 is 10.7 Å². The monoisotopic (exact) mass is 256 g/mol. The fraction of sp³-hybridized carbons (Fsp3) is 0.500. The number of anilines is 2. The van der Waals surface area contributed by atoms with E-state index in [-0.39, 0.29) is 5.25 Å². The number of pyridine rings is 1. The molecule has 0 spiro atoms. The van der Waals surface area contributed by atoms with Crippen LogP contribution in [-0.2, 0) is 9.84 Å². The normalized spacial score (nSPS) is 22.3. The van der Waals surface area contributed by atoms with E-state index in [9.17, 15) is 8.42 Å². The number of nitrogen functional groups attached to an aromatic ring is 1. The molecule has 0 amide bonds. The zero-order valence-electron chi connectivity index (χ0n) is 9.39. The fourth-order valence-corrected chi connectivity index (χ4v) is 3.70. The zero-order chi connectivity index (χ0) is 12.3. The highest BCUT2D eigenvalue weighted by Gasteiger charge is 2.30. The Kier molecular flexibility index (Phi) is 3.49. The largest absolute Gasteiger partial charge is 0.384 e. The average Bonchev–Trinajstić information content (AvgIpc) is 2.66. The summed E-state index contributed by atoms with van der Waals surface area (Å²) in [5.74, 6) is 6.10. The molecule has 0 radical (unpaired) electrons. The van der Waals surface area contributed by atoms with Gasteiger partial charge in [0, 0.05) is 24.5 Å². The van der Waals surface area contributed by atoms with Gasteiger partial charge in [-0.25, -0.2) is 19.2 Å². The van der Waals surface area contributed by atoms with Gasteiger partial charge in [0.15, 0.2) is 9.84 Å². The van der Waals surface area contributed by atoms with Crippen LogP contribution in [0.1, 0.15) is 12.8 Å². The van der Waals surface area contributed by atoms with Gasteiger partial charge in [0.1, 0.15) is 5.82 Å². The predicted octanol–water partition coefficient (Wildman–Crippen LogP) is 0.356. The van der Waals surface area contributed by atoms with Crippen molar-refractivity contribution in [1.29, 1.82) is 0 Å². The van der Waals surface area contributed by atoms with Gasteiger partial charge in [-0.3, -0.25) is 0 Å². The molecule has 17 heavy (non-hydrogen) atoms. The van der Waals surface area contributed by atoms with E-state index in [1.165, 1.54) is 0 Å². The molecule has 1 aromatic rings. The van der Waals surface area contributed by atoms with Crippen LogP contribution in [0.15, 0.2) is 18.3 Å². The zero-order valence-corrected chi connectivity index (χ0v) is 10.2. The third-order valence-corrected chi connectivity index (χ3v) is 5.18. The second-order valence-electron chi connectivity index (χ2n) is 4.09. The van der Waals surface area contributed by atoms with E-state index in [0.717, 1.165) is 18.5 Å². The number of nitrogens with one attached hydrogen (secondary N) is 2. The van der Waals surface area contributed by atoms with Gasteiger partial charge >= 0.3 is 0 Å². The smallest absolute Gasteiger partial charge is 0.154 e. The van der Waals surface area contributed by atoms with E-state index in [1.54, 1.807) is 18.3 Å². The van der Waals surface area contributed by atoms with Crippen molar-refractivity contribution in [3.05, 3.63) is 18.3 Å². The molecule has 1 fully saturated rings. The van der Waals surface area contributed by atoms with E-state index in [0.29, 0.717) is 18.1 Å². The van der Waals surface area contributed by atoms with Crippen LogP contribution in [-0.4, -0.2) is 30.9 Å². The molecule has 2 rings (SSSR count). The summed E-state index contributed by atoms with van der Waals surface area (Å²) >= 11 is 0. The van der Waals surface area contributed by atoms with Crippen LogP contribution in [0.3, 0.4) is 0 Å². The highest BCUT2D eigenvalue weighted by Crippen LogP contribution is 2.21. The Morgan fingerprint density at radius 3 is 3.00 bits per heavy atom. The van der Waals surface area contributed by atoms with E-state index >= 15 is 0 Å². The second kappa shape index (κ2) is 4.89. The lowest BCUT2D eigenvalue weighted by Crippen LogP contribution is -2.25. The Bertz CT molecular complexity index is 489. The first kappa shape index (κ1) is 12.1. The van der Waals surface area contributed by atoms with Gasteiger partial charge in [-0.1, -0.05) is 0 Å². The lowest BCUT2D eigenvalue weighted by atomic mass is 10.2. The molecule has 94 valence electrons. The third kappa shape index (κ3) is 2.86. The molecule has 1 aliphatic rings. The maximum Gasteiger partial charge on any atom is 0.154 e. The lowest BCUT2D eigenvalue weighted by molar-refractivity contribution is 0.591. The minimum Gasteiger partial charge on any atom is -0.384 e.